The zero-order valence-electron chi connectivity index (χ0n) is 14.6. The molecule has 1 aromatic heterocycles. The first-order valence-corrected chi connectivity index (χ1v) is 9.20. The predicted molar refractivity (Wildman–Crippen MR) is 98.5 cm³/mol. The number of fused-ring (bicyclic) bond motifs is 3. The summed E-state index contributed by atoms with van der Waals surface area (Å²) in [5.74, 6) is 0.791. The minimum atomic E-state index is -0.158. The molecule has 5 heteroatoms. The second-order valence-electron chi connectivity index (χ2n) is 7.65. The molecular weight excluding hydrogens is 314 g/mol. The van der Waals surface area contributed by atoms with Crippen LogP contribution in [0.5, 0.6) is 0 Å². The molecule has 1 heterocycles. The zero-order valence-corrected chi connectivity index (χ0v) is 14.6. The van der Waals surface area contributed by atoms with Crippen LogP contribution in [0.3, 0.4) is 0 Å². The standard InChI is InChI=1S/C20H25N3O2/c1-23-17-8-3-2-7-15(17)16(11-18(23)24)20(25)22-19-12-5-4-6-13(19)10-14(21)9-12/h2-3,7-8,11-14,19H,4-6,9-10,21H2,1H3,(H,22,25). The summed E-state index contributed by atoms with van der Waals surface area (Å²) in [6.07, 6.45) is 5.46. The number of carbonyl (C=O) groups excluding carboxylic acids is 1. The molecule has 0 saturated heterocycles. The van der Waals surface area contributed by atoms with Crippen LogP contribution in [-0.2, 0) is 7.05 Å². The number of rotatable bonds is 2. The van der Waals surface area contributed by atoms with Gasteiger partial charge in [-0.2, -0.15) is 0 Å². The van der Waals surface area contributed by atoms with Crippen molar-refractivity contribution >= 4 is 16.8 Å². The first kappa shape index (κ1) is 16.3. The number of para-hydroxylation sites is 1. The molecule has 5 nitrogen and oxygen atoms in total. The van der Waals surface area contributed by atoms with Crippen molar-refractivity contribution in [1.29, 1.82) is 0 Å². The fourth-order valence-electron chi connectivity index (χ4n) is 4.85. The molecular formula is C20H25N3O2. The van der Waals surface area contributed by atoms with Crippen molar-refractivity contribution < 1.29 is 4.79 Å². The Kier molecular flexibility index (Phi) is 4.12. The van der Waals surface area contributed by atoms with Crippen LogP contribution < -0.4 is 16.6 Å². The average Bonchev–Trinajstić information content (AvgIpc) is 2.59. The van der Waals surface area contributed by atoms with Gasteiger partial charge < -0.3 is 15.6 Å². The van der Waals surface area contributed by atoms with Crippen LogP contribution in [0.15, 0.2) is 35.1 Å². The Hall–Kier alpha value is -2.14. The van der Waals surface area contributed by atoms with Crippen molar-refractivity contribution in [1.82, 2.24) is 9.88 Å². The molecule has 2 saturated carbocycles. The maximum atomic E-state index is 13.0. The van der Waals surface area contributed by atoms with Gasteiger partial charge in [0.15, 0.2) is 0 Å². The van der Waals surface area contributed by atoms with Crippen LogP contribution in [0.2, 0.25) is 0 Å². The van der Waals surface area contributed by atoms with E-state index >= 15 is 0 Å². The number of benzene rings is 1. The first-order chi connectivity index (χ1) is 12.0. The van der Waals surface area contributed by atoms with E-state index in [2.05, 4.69) is 5.32 Å². The smallest absolute Gasteiger partial charge is 0.252 e. The van der Waals surface area contributed by atoms with Gasteiger partial charge >= 0.3 is 0 Å². The molecule has 0 spiro atoms. The SMILES string of the molecule is Cn1c(=O)cc(C(=O)NC2C3CCCC2CC(N)C3)c2ccccc21. The Morgan fingerprint density at radius 2 is 1.88 bits per heavy atom. The van der Waals surface area contributed by atoms with Crippen molar-refractivity contribution in [2.24, 2.45) is 24.6 Å². The Morgan fingerprint density at radius 3 is 2.60 bits per heavy atom. The molecule has 2 aliphatic carbocycles. The largest absolute Gasteiger partial charge is 0.349 e. The van der Waals surface area contributed by atoms with Crippen molar-refractivity contribution in [2.45, 2.75) is 44.2 Å². The molecule has 0 aliphatic heterocycles. The van der Waals surface area contributed by atoms with E-state index in [1.54, 1.807) is 11.6 Å². The highest BCUT2D eigenvalue weighted by molar-refractivity contribution is 6.06. The van der Waals surface area contributed by atoms with E-state index in [-0.39, 0.29) is 23.6 Å². The van der Waals surface area contributed by atoms with Gasteiger partial charge in [-0.05, 0) is 43.6 Å². The van der Waals surface area contributed by atoms with Crippen molar-refractivity contribution in [3.05, 3.63) is 46.2 Å². The number of hydrogen-bond acceptors (Lipinski definition) is 3. The average molecular weight is 339 g/mol. The fraction of sp³-hybridized carbons (Fsp3) is 0.500. The van der Waals surface area contributed by atoms with Crippen LogP contribution >= 0.6 is 0 Å². The summed E-state index contributed by atoms with van der Waals surface area (Å²) in [6, 6.07) is 9.47. The summed E-state index contributed by atoms with van der Waals surface area (Å²) in [5.41, 5.74) is 7.29. The Bertz CT molecular complexity index is 859. The molecule has 2 fully saturated rings. The Morgan fingerprint density at radius 1 is 1.20 bits per heavy atom. The molecule has 2 aromatic rings. The molecule has 132 valence electrons. The summed E-state index contributed by atoms with van der Waals surface area (Å²) in [6.45, 7) is 0. The lowest BCUT2D eigenvalue weighted by atomic mass is 9.67. The van der Waals surface area contributed by atoms with E-state index in [1.165, 1.54) is 12.5 Å². The highest BCUT2D eigenvalue weighted by Gasteiger charge is 2.40. The van der Waals surface area contributed by atoms with Crippen LogP contribution in [0.25, 0.3) is 10.9 Å². The number of aryl methyl sites for hydroxylation is 1. The number of amides is 1. The monoisotopic (exact) mass is 339 g/mol. The quantitative estimate of drug-likeness (QED) is 0.880. The van der Waals surface area contributed by atoms with Gasteiger partial charge in [-0.15, -0.1) is 0 Å². The third kappa shape index (κ3) is 2.86. The predicted octanol–water partition coefficient (Wildman–Crippen LogP) is 2.17. The van der Waals surface area contributed by atoms with Crippen LogP contribution in [-0.4, -0.2) is 22.6 Å². The van der Waals surface area contributed by atoms with E-state index in [0.717, 1.165) is 36.6 Å². The topological polar surface area (TPSA) is 77.1 Å². The molecule has 1 amide bonds. The number of pyridine rings is 1. The summed E-state index contributed by atoms with van der Waals surface area (Å²) in [5, 5.41) is 4.07. The van der Waals surface area contributed by atoms with Gasteiger partial charge in [0.25, 0.3) is 11.5 Å². The highest BCUT2D eigenvalue weighted by Crippen LogP contribution is 2.39. The second-order valence-corrected chi connectivity index (χ2v) is 7.65. The Balaban J connectivity index is 1.67. The number of nitrogens with zero attached hydrogens (tertiary/aromatic N) is 1. The summed E-state index contributed by atoms with van der Waals surface area (Å²) in [4.78, 5) is 25.3. The summed E-state index contributed by atoms with van der Waals surface area (Å²) in [7, 11) is 1.74. The molecule has 4 rings (SSSR count). The molecule has 2 atom stereocenters. The van der Waals surface area contributed by atoms with Crippen molar-refractivity contribution in [3.8, 4) is 0 Å². The lowest BCUT2D eigenvalue weighted by molar-refractivity contribution is 0.0757. The van der Waals surface area contributed by atoms with Crippen molar-refractivity contribution in [3.63, 3.8) is 0 Å². The van der Waals surface area contributed by atoms with E-state index in [9.17, 15) is 9.59 Å². The minimum absolute atomic E-state index is 0.133. The summed E-state index contributed by atoms with van der Waals surface area (Å²) >= 11 is 0. The van der Waals surface area contributed by atoms with E-state index in [1.807, 2.05) is 24.3 Å². The highest BCUT2D eigenvalue weighted by atomic mass is 16.2. The summed E-state index contributed by atoms with van der Waals surface area (Å²) < 4.78 is 1.58. The number of aromatic nitrogens is 1. The Labute approximate surface area is 147 Å². The molecule has 0 radical (unpaired) electrons. The third-order valence-electron chi connectivity index (χ3n) is 6.07. The van der Waals surface area contributed by atoms with Crippen LogP contribution in [0, 0.1) is 11.8 Å². The van der Waals surface area contributed by atoms with Gasteiger partial charge in [0.05, 0.1) is 11.1 Å². The number of nitrogens with one attached hydrogen (secondary N) is 1. The van der Waals surface area contributed by atoms with Crippen LogP contribution in [0.1, 0.15) is 42.5 Å². The molecule has 2 unspecified atom stereocenters. The molecule has 2 aliphatic rings. The van der Waals surface area contributed by atoms with Gasteiger partial charge in [0.2, 0.25) is 0 Å². The minimum Gasteiger partial charge on any atom is -0.349 e. The number of nitrogens with two attached hydrogens (primary N) is 1. The maximum absolute atomic E-state index is 13.0. The number of carbonyl (C=O) groups is 1. The van der Waals surface area contributed by atoms with Gasteiger partial charge in [-0.1, -0.05) is 24.6 Å². The van der Waals surface area contributed by atoms with E-state index in [4.69, 9.17) is 5.73 Å². The first-order valence-electron chi connectivity index (χ1n) is 9.20. The van der Waals surface area contributed by atoms with E-state index in [0.29, 0.717) is 17.4 Å². The normalized spacial score (nSPS) is 28.7. The van der Waals surface area contributed by atoms with E-state index < -0.39 is 0 Å². The maximum Gasteiger partial charge on any atom is 0.252 e. The fourth-order valence-corrected chi connectivity index (χ4v) is 4.85. The van der Waals surface area contributed by atoms with Gasteiger partial charge in [-0.25, -0.2) is 0 Å². The molecule has 3 N–H and O–H groups in total. The third-order valence-corrected chi connectivity index (χ3v) is 6.07. The number of hydrogen-bond donors (Lipinski definition) is 2. The van der Waals surface area contributed by atoms with Crippen LogP contribution in [0.4, 0.5) is 0 Å². The molecule has 25 heavy (non-hydrogen) atoms. The zero-order chi connectivity index (χ0) is 17.6. The van der Waals surface area contributed by atoms with Crippen molar-refractivity contribution in [2.75, 3.05) is 0 Å². The lowest BCUT2D eigenvalue weighted by Crippen LogP contribution is -2.53. The van der Waals surface area contributed by atoms with Gasteiger partial charge in [-0.3, -0.25) is 9.59 Å². The molecule has 1 aromatic carbocycles. The lowest BCUT2D eigenvalue weighted by Gasteiger charge is -2.45. The second kappa shape index (κ2) is 6.30. The van der Waals surface area contributed by atoms with Gasteiger partial charge in [0.1, 0.15) is 0 Å². The molecule has 2 bridgehead atoms. The van der Waals surface area contributed by atoms with Gasteiger partial charge in [0, 0.05) is 30.6 Å².